The first-order chi connectivity index (χ1) is 17.4. The molecule has 3 aliphatic heterocycles. The molecule has 11 heteroatoms. The Labute approximate surface area is 213 Å². The SMILES string of the molecule is COc1ccc(S(=O)(=O)N2C[C@H](O)COC[C@@H]3O[C@H](CC(=O)NCCN4CCCCC4)CC[C@H]32)cc1. The molecular weight excluding hydrogens is 486 g/mol. The smallest absolute Gasteiger partial charge is 0.243 e. The van der Waals surface area contributed by atoms with Crippen LogP contribution < -0.4 is 10.1 Å². The highest BCUT2D eigenvalue weighted by Crippen LogP contribution is 2.32. The third-order valence-electron chi connectivity index (χ3n) is 7.21. The van der Waals surface area contributed by atoms with E-state index in [4.69, 9.17) is 14.2 Å². The summed E-state index contributed by atoms with van der Waals surface area (Å²) in [5, 5.41) is 13.4. The van der Waals surface area contributed by atoms with Gasteiger partial charge in [-0.1, -0.05) is 6.42 Å². The normalized spacial score (nSPS) is 28.5. The Kier molecular flexibility index (Phi) is 9.59. The lowest BCUT2D eigenvalue weighted by atomic mass is 9.96. The number of aliphatic hydroxyl groups is 1. The Balaban J connectivity index is 1.37. The van der Waals surface area contributed by atoms with E-state index in [1.807, 2.05) is 0 Å². The van der Waals surface area contributed by atoms with E-state index in [0.717, 1.165) is 19.6 Å². The molecule has 3 fully saturated rings. The minimum absolute atomic E-state index is 0.0167. The van der Waals surface area contributed by atoms with Crippen LogP contribution in [0.4, 0.5) is 0 Å². The van der Waals surface area contributed by atoms with Gasteiger partial charge in [-0.25, -0.2) is 8.42 Å². The van der Waals surface area contributed by atoms with Crippen LogP contribution in [0.15, 0.2) is 29.2 Å². The molecule has 0 saturated carbocycles. The third kappa shape index (κ3) is 6.96. The Morgan fingerprint density at radius 2 is 1.89 bits per heavy atom. The maximum absolute atomic E-state index is 13.6. The molecule has 202 valence electrons. The average molecular weight is 526 g/mol. The predicted octanol–water partition coefficient (Wildman–Crippen LogP) is 0.985. The number of aliphatic hydroxyl groups excluding tert-OH is 1. The average Bonchev–Trinajstić information content (AvgIpc) is 2.87. The number of benzene rings is 1. The van der Waals surface area contributed by atoms with Crippen LogP contribution in [-0.2, 0) is 24.3 Å². The monoisotopic (exact) mass is 525 g/mol. The maximum atomic E-state index is 13.6. The number of carbonyl (C=O) groups is 1. The number of hydrogen-bond acceptors (Lipinski definition) is 8. The molecule has 3 heterocycles. The fourth-order valence-electron chi connectivity index (χ4n) is 5.27. The number of nitrogens with zero attached hydrogens (tertiary/aromatic N) is 2. The highest BCUT2D eigenvalue weighted by atomic mass is 32.2. The quantitative estimate of drug-likeness (QED) is 0.516. The van der Waals surface area contributed by atoms with Gasteiger partial charge in [0.25, 0.3) is 0 Å². The van der Waals surface area contributed by atoms with Crippen molar-refractivity contribution in [2.75, 3.05) is 53.0 Å². The van der Waals surface area contributed by atoms with Crippen LogP contribution >= 0.6 is 0 Å². The standard InChI is InChI=1S/C25H39N3O7S/c1-33-20-5-8-22(9-6-20)36(31,32)28-16-19(29)17-34-18-24-23(28)10-7-21(35-24)15-25(30)26-11-14-27-12-3-2-4-13-27/h5-6,8-9,19,21,23-24,29H,2-4,7,10-18H2,1H3,(H,26,30)/t19-,21-,23+,24-/m0/s1. The Hall–Kier alpha value is -1.76. The van der Waals surface area contributed by atoms with Crippen LogP contribution in [0.5, 0.6) is 5.75 Å². The van der Waals surface area contributed by atoms with Crippen molar-refractivity contribution in [1.82, 2.24) is 14.5 Å². The van der Waals surface area contributed by atoms with Gasteiger partial charge in [-0.2, -0.15) is 4.31 Å². The highest BCUT2D eigenvalue weighted by Gasteiger charge is 2.43. The van der Waals surface area contributed by atoms with E-state index in [1.54, 1.807) is 12.1 Å². The van der Waals surface area contributed by atoms with E-state index in [0.29, 0.717) is 25.1 Å². The van der Waals surface area contributed by atoms with Gasteiger partial charge in [0.2, 0.25) is 15.9 Å². The Bertz CT molecular complexity index is 953. The minimum atomic E-state index is -3.89. The van der Waals surface area contributed by atoms with Gasteiger partial charge in [-0.05, 0) is 63.0 Å². The van der Waals surface area contributed by atoms with Crippen LogP contribution in [0.2, 0.25) is 0 Å². The maximum Gasteiger partial charge on any atom is 0.243 e. The third-order valence-corrected chi connectivity index (χ3v) is 9.12. The Morgan fingerprint density at radius 3 is 2.61 bits per heavy atom. The van der Waals surface area contributed by atoms with E-state index in [9.17, 15) is 18.3 Å². The zero-order chi connectivity index (χ0) is 25.5. The van der Waals surface area contributed by atoms with Gasteiger partial charge in [0.15, 0.2) is 0 Å². The summed E-state index contributed by atoms with van der Waals surface area (Å²) in [6.45, 7) is 3.75. The van der Waals surface area contributed by atoms with E-state index >= 15 is 0 Å². The zero-order valence-corrected chi connectivity index (χ0v) is 21.8. The van der Waals surface area contributed by atoms with Gasteiger partial charge in [-0.3, -0.25) is 4.79 Å². The molecule has 4 rings (SSSR count). The molecule has 2 N–H and O–H groups in total. The number of methoxy groups -OCH3 is 1. The van der Waals surface area contributed by atoms with E-state index < -0.39 is 28.3 Å². The number of amides is 1. The molecule has 1 aromatic rings. The molecule has 3 saturated heterocycles. The first-order valence-corrected chi connectivity index (χ1v) is 14.4. The lowest BCUT2D eigenvalue weighted by Gasteiger charge is -2.43. The second-order valence-electron chi connectivity index (χ2n) is 9.84. The van der Waals surface area contributed by atoms with Gasteiger partial charge in [0.05, 0.1) is 56.0 Å². The van der Waals surface area contributed by atoms with E-state index in [-0.39, 0.29) is 43.1 Å². The van der Waals surface area contributed by atoms with Crippen molar-refractivity contribution in [3.8, 4) is 5.75 Å². The van der Waals surface area contributed by atoms with Crippen LogP contribution in [-0.4, -0.2) is 106 Å². The minimum Gasteiger partial charge on any atom is -0.497 e. The molecule has 1 amide bonds. The van der Waals surface area contributed by atoms with Gasteiger partial charge >= 0.3 is 0 Å². The topological polar surface area (TPSA) is 118 Å². The van der Waals surface area contributed by atoms with Crippen molar-refractivity contribution in [2.24, 2.45) is 0 Å². The molecule has 0 aliphatic carbocycles. The van der Waals surface area contributed by atoms with Crippen LogP contribution in [0.25, 0.3) is 0 Å². The van der Waals surface area contributed by atoms with Crippen molar-refractivity contribution >= 4 is 15.9 Å². The summed E-state index contributed by atoms with van der Waals surface area (Å²) in [6.07, 6.45) is 3.25. The van der Waals surface area contributed by atoms with Crippen LogP contribution in [0.3, 0.4) is 0 Å². The summed E-state index contributed by atoms with van der Waals surface area (Å²) < 4.78 is 45.5. The fraction of sp³-hybridized carbons (Fsp3) is 0.720. The number of fused-ring (bicyclic) bond motifs is 1. The van der Waals surface area contributed by atoms with Crippen LogP contribution in [0.1, 0.15) is 38.5 Å². The molecular formula is C25H39N3O7S. The molecule has 3 aliphatic rings. The molecule has 0 spiro atoms. The predicted molar refractivity (Wildman–Crippen MR) is 133 cm³/mol. The number of β-amino-alcohol motifs (C(OH)–C–C–N with tert-alkyl or cyclic N) is 1. The van der Waals surface area contributed by atoms with E-state index in [2.05, 4.69) is 10.2 Å². The number of nitrogens with one attached hydrogen (secondary N) is 1. The van der Waals surface area contributed by atoms with Crippen molar-refractivity contribution < 1.29 is 32.5 Å². The molecule has 0 aromatic heterocycles. The summed E-state index contributed by atoms with van der Waals surface area (Å²) in [5.41, 5.74) is 0. The molecule has 1 aromatic carbocycles. The molecule has 4 atom stereocenters. The number of ether oxygens (including phenoxy) is 3. The molecule has 0 unspecified atom stereocenters. The second kappa shape index (κ2) is 12.7. The van der Waals surface area contributed by atoms with Gasteiger partial charge in [0, 0.05) is 19.6 Å². The van der Waals surface area contributed by atoms with Crippen molar-refractivity contribution in [3.63, 3.8) is 0 Å². The fourth-order valence-corrected chi connectivity index (χ4v) is 6.99. The number of sulfonamides is 1. The van der Waals surface area contributed by atoms with Gasteiger partial charge < -0.3 is 29.5 Å². The summed E-state index contributed by atoms with van der Waals surface area (Å²) in [6, 6.07) is 5.72. The first-order valence-electron chi connectivity index (χ1n) is 12.9. The lowest BCUT2D eigenvalue weighted by molar-refractivity contribution is -0.146. The molecule has 36 heavy (non-hydrogen) atoms. The summed E-state index contributed by atoms with van der Waals surface area (Å²) in [4.78, 5) is 15.1. The number of piperidine rings is 1. The van der Waals surface area contributed by atoms with Gasteiger partial charge in [-0.15, -0.1) is 0 Å². The molecule has 0 bridgehead atoms. The van der Waals surface area contributed by atoms with Crippen molar-refractivity contribution in [3.05, 3.63) is 24.3 Å². The first kappa shape index (κ1) is 27.3. The number of likely N-dealkylation sites (tertiary alicyclic amines) is 1. The summed E-state index contributed by atoms with van der Waals surface area (Å²) in [7, 11) is -2.37. The molecule has 0 radical (unpaired) electrons. The number of hydrogen-bond donors (Lipinski definition) is 2. The second-order valence-corrected chi connectivity index (χ2v) is 11.7. The zero-order valence-electron chi connectivity index (χ0n) is 21.0. The Morgan fingerprint density at radius 1 is 1.14 bits per heavy atom. The highest BCUT2D eigenvalue weighted by molar-refractivity contribution is 7.89. The summed E-state index contributed by atoms with van der Waals surface area (Å²) in [5.74, 6) is 0.506. The number of rotatable bonds is 8. The lowest BCUT2D eigenvalue weighted by Crippen LogP contribution is -2.57. The summed E-state index contributed by atoms with van der Waals surface area (Å²) >= 11 is 0. The number of carbonyl (C=O) groups excluding carboxylic acids is 1. The van der Waals surface area contributed by atoms with Crippen molar-refractivity contribution in [1.29, 1.82) is 0 Å². The molecule has 10 nitrogen and oxygen atoms in total. The van der Waals surface area contributed by atoms with Gasteiger partial charge in [0.1, 0.15) is 5.75 Å². The van der Waals surface area contributed by atoms with Crippen LogP contribution in [0, 0.1) is 0 Å². The largest absolute Gasteiger partial charge is 0.497 e. The van der Waals surface area contributed by atoms with Crippen molar-refractivity contribution in [2.45, 2.75) is 67.8 Å². The van der Waals surface area contributed by atoms with E-state index in [1.165, 1.54) is 42.8 Å².